The number of benzene rings is 2. The summed E-state index contributed by atoms with van der Waals surface area (Å²) in [5.74, 6) is -1.54. The fourth-order valence-corrected chi connectivity index (χ4v) is 2.47. The van der Waals surface area contributed by atoms with Crippen LogP contribution in [0.15, 0.2) is 66.9 Å². The molecule has 0 unspecified atom stereocenters. The number of hydrogen-bond donors (Lipinski definition) is 3. The number of aromatic nitrogens is 1. The first-order valence-corrected chi connectivity index (χ1v) is 8.63. The molecule has 29 heavy (non-hydrogen) atoms. The highest BCUT2D eigenvalue weighted by Gasteiger charge is 2.13. The second-order valence-corrected chi connectivity index (χ2v) is 6.10. The summed E-state index contributed by atoms with van der Waals surface area (Å²) >= 11 is 0. The monoisotopic (exact) mass is 392 g/mol. The number of halogens is 1. The van der Waals surface area contributed by atoms with Crippen LogP contribution in [-0.2, 0) is 4.79 Å². The Bertz CT molecular complexity index is 1050. The molecule has 1 aromatic heterocycles. The molecule has 0 saturated carbocycles. The lowest BCUT2D eigenvalue weighted by molar-refractivity contribution is -0.114. The van der Waals surface area contributed by atoms with Gasteiger partial charge in [-0.15, -0.1) is 0 Å². The summed E-state index contributed by atoms with van der Waals surface area (Å²) < 4.78 is 13.0. The van der Waals surface area contributed by atoms with Gasteiger partial charge in [-0.2, -0.15) is 0 Å². The van der Waals surface area contributed by atoms with E-state index in [1.807, 2.05) is 0 Å². The van der Waals surface area contributed by atoms with Crippen molar-refractivity contribution in [3.05, 3.63) is 83.9 Å². The number of hydrogen-bond acceptors (Lipinski definition) is 4. The lowest BCUT2D eigenvalue weighted by Crippen LogP contribution is -2.17. The van der Waals surface area contributed by atoms with Crippen LogP contribution >= 0.6 is 0 Å². The van der Waals surface area contributed by atoms with Gasteiger partial charge in [-0.1, -0.05) is 0 Å². The molecule has 3 rings (SSSR count). The highest BCUT2D eigenvalue weighted by Crippen LogP contribution is 2.15. The van der Waals surface area contributed by atoms with Crippen molar-refractivity contribution in [3.8, 4) is 0 Å². The zero-order chi connectivity index (χ0) is 20.8. The quantitative estimate of drug-likeness (QED) is 0.617. The van der Waals surface area contributed by atoms with E-state index < -0.39 is 17.6 Å². The van der Waals surface area contributed by atoms with Crippen LogP contribution in [0.5, 0.6) is 0 Å². The van der Waals surface area contributed by atoms with Crippen molar-refractivity contribution < 1.29 is 18.8 Å². The first kappa shape index (κ1) is 19.7. The fraction of sp³-hybridized carbons (Fsp3) is 0.0476. The standard InChI is InChI=1S/C21H17FN4O3/c1-13(27)24-16-6-8-18(9-7-16)26-21(29)19-12-14(10-11-23-19)20(28)25-17-4-2-15(22)3-5-17/h2-12H,1H3,(H,24,27)(H,25,28)(H,26,29). The summed E-state index contributed by atoms with van der Waals surface area (Å²) in [7, 11) is 0. The number of anilines is 3. The molecule has 0 atom stereocenters. The fourth-order valence-electron chi connectivity index (χ4n) is 2.47. The average Bonchev–Trinajstić information content (AvgIpc) is 2.71. The van der Waals surface area contributed by atoms with Gasteiger partial charge in [-0.05, 0) is 60.7 Å². The number of carbonyl (C=O) groups excluding carboxylic acids is 3. The van der Waals surface area contributed by atoms with Crippen LogP contribution in [0.2, 0.25) is 0 Å². The van der Waals surface area contributed by atoms with Crippen molar-refractivity contribution in [3.63, 3.8) is 0 Å². The minimum Gasteiger partial charge on any atom is -0.326 e. The number of carbonyl (C=O) groups is 3. The van der Waals surface area contributed by atoms with Gasteiger partial charge in [0.2, 0.25) is 5.91 Å². The van der Waals surface area contributed by atoms with Crippen LogP contribution in [0.4, 0.5) is 21.5 Å². The SMILES string of the molecule is CC(=O)Nc1ccc(NC(=O)c2cc(C(=O)Nc3ccc(F)cc3)ccn2)cc1. The van der Waals surface area contributed by atoms with Gasteiger partial charge in [0.15, 0.2) is 0 Å². The van der Waals surface area contributed by atoms with E-state index in [1.54, 1.807) is 24.3 Å². The molecule has 3 aromatic rings. The third-order valence-corrected chi connectivity index (χ3v) is 3.82. The largest absolute Gasteiger partial charge is 0.326 e. The molecule has 0 bridgehead atoms. The van der Waals surface area contributed by atoms with E-state index in [9.17, 15) is 18.8 Å². The molecular formula is C21H17FN4O3. The Morgan fingerprint density at radius 1 is 0.759 bits per heavy atom. The number of nitrogens with zero attached hydrogens (tertiary/aromatic N) is 1. The van der Waals surface area contributed by atoms with E-state index in [4.69, 9.17) is 0 Å². The van der Waals surface area contributed by atoms with Gasteiger partial charge in [0.05, 0.1) is 0 Å². The molecule has 3 amide bonds. The van der Waals surface area contributed by atoms with Gasteiger partial charge >= 0.3 is 0 Å². The summed E-state index contributed by atoms with van der Waals surface area (Å²) in [5, 5.41) is 7.93. The molecule has 0 fully saturated rings. The molecule has 1 heterocycles. The molecule has 2 aromatic carbocycles. The third-order valence-electron chi connectivity index (χ3n) is 3.82. The predicted octanol–water partition coefficient (Wildman–Crippen LogP) is 3.68. The van der Waals surface area contributed by atoms with E-state index in [2.05, 4.69) is 20.9 Å². The lowest BCUT2D eigenvalue weighted by Gasteiger charge is -2.08. The summed E-state index contributed by atoms with van der Waals surface area (Å²) in [6.45, 7) is 1.40. The Morgan fingerprint density at radius 3 is 1.86 bits per heavy atom. The van der Waals surface area contributed by atoms with Crippen LogP contribution < -0.4 is 16.0 Å². The van der Waals surface area contributed by atoms with E-state index in [0.29, 0.717) is 17.1 Å². The highest BCUT2D eigenvalue weighted by atomic mass is 19.1. The second-order valence-electron chi connectivity index (χ2n) is 6.10. The van der Waals surface area contributed by atoms with Gasteiger partial charge in [-0.3, -0.25) is 19.4 Å². The highest BCUT2D eigenvalue weighted by molar-refractivity contribution is 6.07. The Labute approximate surface area is 166 Å². The van der Waals surface area contributed by atoms with Gasteiger partial charge in [0, 0.05) is 35.7 Å². The van der Waals surface area contributed by atoms with Crippen molar-refractivity contribution >= 4 is 34.8 Å². The van der Waals surface area contributed by atoms with Gasteiger partial charge in [0.25, 0.3) is 11.8 Å². The molecule has 3 N–H and O–H groups in total. The Morgan fingerprint density at radius 2 is 1.28 bits per heavy atom. The first-order valence-electron chi connectivity index (χ1n) is 8.63. The summed E-state index contributed by atoms with van der Waals surface area (Å²) in [4.78, 5) is 39.8. The molecule has 0 aliphatic rings. The first-order chi connectivity index (χ1) is 13.9. The van der Waals surface area contributed by atoms with Gasteiger partial charge in [0.1, 0.15) is 11.5 Å². The minimum absolute atomic E-state index is 0.0580. The molecule has 0 radical (unpaired) electrons. The minimum atomic E-state index is -0.492. The number of amides is 3. The topological polar surface area (TPSA) is 100 Å². The molecular weight excluding hydrogens is 375 g/mol. The molecule has 0 aliphatic carbocycles. The molecule has 0 spiro atoms. The number of rotatable bonds is 5. The van der Waals surface area contributed by atoms with Crippen molar-refractivity contribution in [1.82, 2.24) is 4.98 Å². The van der Waals surface area contributed by atoms with E-state index in [-0.39, 0.29) is 17.2 Å². The van der Waals surface area contributed by atoms with Gasteiger partial charge < -0.3 is 16.0 Å². The Hall–Kier alpha value is -4.07. The van der Waals surface area contributed by atoms with Crippen LogP contribution in [0.25, 0.3) is 0 Å². The lowest BCUT2D eigenvalue weighted by atomic mass is 10.2. The van der Waals surface area contributed by atoms with Crippen LogP contribution in [-0.4, -0.2) is 22.7 Å². The zero-order valence-electron chi connectivity index (χ0n) is 15.4. The molecule has 8 heteroatoms. The Kier molecular flexibility index (Phi) is 5.94. The molecule has 7 nitrogen and oxygen atoms in total. The van der Waals surface area contributed by atoms with Crippen molar-refractivity contribution in [1.29, 1.82) is 0 Å². The summed E-state index contributed by atoms with van der Waals surface area (Å²) in [6.07, 6.45) is 1.36. The zero-order valence-corrected chi connectivity index (χ0v) is 15.4. The summed E-state index contributed by atoms with van der Waals surface area (Å²) in [5.41, 5.74) is 1.83. The summed E-state index contributed by atoms with van der Waals surface area (Å²) in [6, 6.07) is 14.7. The second kappa shape index (κ2) is 8.75. The normalized spacial score (nSPS) is 10.1. The maximum Gasteiger partial charge on any atom is 0.274 e. The Balaban J connectivity index is 1.68. The third kappa shape index (κ3) is 5.46. The number of pyridine rings is 1. The van der Waals surface area contributed by atoms with E-state index in [1.165, 1.54) is 49.5 Å². The maximum atomic E-state index is 13.0. The smallest absolute Gasteiger partial charge is 0.274 e. The van der Waals surface area contributed by atoms with Crippen LogP contribution in [0, 0.1) is 5.82 Å². The molecule has 0 saturated heterocycles. The van der Waals surface area contributed by atoms with E-state index in [0.717, 1.165) is 0 Å². The van der Waals surface area contributed by atoms with Crippen LogP contribution in [0.3, 0.4) is 0 Å². The van der Waals surface area contributed by atoms with Crippen LogP contribution in [0.1, 0.15) is 27.8 Å². The van der Waals surface area contributed by atoms with Crippen molar-refractivity contribution in [2.45, 2.75) is 6.92 Å². The van der Waals surface area contributed by atoms with E-state index >= 15 is 0 Å². The van der Waals surface area contributed by atoms with Crippen molar-refractivity contribution in [2.24, 2.45) is 0 Å². The van der Waals surface area contributed by atoms with Crippen molar-refractivity contribution in [2.75, 3.05) is 16.0 Å². The average molecular weight is 392 g/mol. The molecule has 0 aliphatic heterocycles. The number of nitrogens with one attached hydrogen (secondary N) is 3. The molecule has 146 valence electrons. The maximum absolute atomic E-state index is 13.0. The van der Waals surface area contributed by atoms with Gasteiger partial charge in [-0.25, -0.2) is 4.39 Å². The predicted molar refractivity (Wildman–Crippen MR) is 107 cm³/mol.